The molecule has 172 valence electrons. The summed E-state index contributed by atoms with van der Waals surface area (Å²) >= 11 is 0. The van der Waals surface area contributed by atoms with Crippen LogP contribution in [0.15, 0.2) is 42.6 Å². The lowest BCUT2D eigenvalue weighted by Gasteiger charge is -2.23. The largest absolute Gasteiger partial charge is 0.465 e. The standard InChI is InChI=1S/C25H32N2O5/c1-25(2,3)32-24(29)26-15-6-7-20-12-9-19(17-27-20)23(28)18-10-13-21(14-11-18)31-22-8-4-5-16-30-22/h9-14,17,22H,4-8,15-16H2,1-3H3,(H,26,29). The number of carbonyl (C=O) groups is 2. The average molecular weight is 441 g/mol. The number of nitrogens with one attached hydrogen (secondary N) is 1. The number of hydrogen-bond donors (Lipinski definition) is 1. The lowest BCUT2D eigenvalue weighted by molar-refractivity contribution is -0.105. The normalized spacial score (nSPS) is 16.3. The number of ether oxygens (including phenoxy) is 3. The Hall–Kier alpha value is -2.93. The Morgan fingerprint density at radius 3 is 2.47 bits per heavy atom. The van der Waals surface area contributed by atoms with Crippen molar-refractivity contribution >= 4 is 11.9 Å². The van der Waals surface area contributed by atoms with E-state index in [0.717, 1.165) is 38.0 Å². The predicted octanol–water partition coefficient (Wildman–Crippen LogP) is 4.68. The van der Waals surface area contributed by atoms with Crippen LogP contribution in [0.2, 0.25) is 0 Å². The molecule has 7 nitrogen and oxygen atoms in total. The Balaban J connectivity index is 1.45. The first-order chi connectivity index (χ1) is 15.3. The van der Waals surface area contributed by atoms with Crippen LogP contribution in [0, 0.1) is 0 Å². The maximum absolute atomic E-state index is 12.7. The third kappa shape index (κ3) is 7.64. The van der Waals surface area contributed by atoms with Gasteiger partial charge < -0.3 is 19.5 Å². The molecule has 0 radical (unpaired) electrons. The van der Waals surface area contributed by atoms with Crippen molar-refractivity contribution in [2.45, 2.75) is 64.8 Å². The van der Waals surface area contributed by atoms with Gasteiger partial charge >= 0.3 is 6.09 Å². The maximum Gasteiger partial charge on any atom is 0.407 e. The molecule has 1 saturated heterocycles. The number of amides is 1. The van der Waals surface area contributed by atoms with Crippen molar-refractivity contribution in [2.75, 3.05) is 13.2 Å². The fourth-order valence-corrected chi connectivity index (χ4v) is 3.29. The number of alkyl carbamates (subject to hydrolysis) is 1. The minimum Gasteiger partial charge on any atom is -0.465 e. The van der Waals surface area contributed by atoms with Gasteiger partial charge in [-0.2, -0.15) is 0 Å². The molecule has 2 aromatic rings. The summed E-state index contributed by atoms with van der Waals surface area (Å²) in [7, 11) is 0. The smallest absolute Gasteiger partial charge is 0.407 e. The Bertz CT molecular complexity index is 882. The van der Waals surface area contributed by atoms with E-state index in [-0.39, 0.29) is 12.1 Å². The number of pyridine rings is 1. The Morgan fingerprint density at radius 1 is 1.09 bits per heavy atom. The van der Waals surface area contributed by atoms with E-state index < -0.39 is 11.7 Å². The number of ketones is 1. The van der Waals surface area contributed by atoms with E-state index >= 15 is 0 Å². The fourth-order valence-electron chi connectivity index (χ4n) is 3.29. The Labute approximate surface area is 189 Å². The van der Waals surface area contributed by atoms with Crippen molar-refractivity contribution in [3.63, 3.8) is 0 Å². The monoisotopic (exact) mass is 440 g/mol. The first kappa shape index (κ1) is 23.7. The Kier molecular flexibility index (Phi) is 8.22. The van der Waals surface area contributed by atoms with E-state index in [1.165, 1.54) is 0 Å². The van der Waals surface area contributed by atoms with Crippen LogP contribution in [-0.4, -0.2) is 41.9 Å². The van der Waals surface area contributed by atoms with Crippen LogP contribution in [-0.2, 0) is 15.9 Å². The van der Waals surface area contributed by atoms with Crippen molar-refractivity contribution in [3.8, 4) is 5.75 Å². The van der Waals surface area contributed by atoms with Gasteiger partial charge in [-0.05, 0) is 82.9 Å². The molecule has 0 aliphatic carbocycles. The lowest BCUT2D eigenvalue weighted by Crippen LogP contribution is -2.33. The number of hydrogen-bond acceptors (Lipinski definition) is 6. The van der Waals surface area contributed by atoms with Crippen molar-refractivity contribution in [2.24, 2.45) is 0 Å². The topological polar surface area (TPSA) is 86.8 Å². The number of aryl methyl sites for hydroxylation is 1. The fraction of sp³-hybridized carbons (Fsp3) is 0.480. The van der Waals surface area contributed by atoms with Gasteiger partial charge in [0.2, 0.25) is 0 Å². The molecule has 0 bridgehead atoms. The summed E-state index contributed by atoms with van der Waals surface area (Å²) in [6.45, 7) is 6.71. The van der Waals surface area contributed by atoms with Crippen LogP contribution in [0.5, 0.6) is 5.75 Å². The predicted molar refractivity (Wildman–Crippen MR) is 121 cm³/mol. The van der Waals surface area contributed by atoms with Crippen molar-refractivity contribution in [3.05, 3.63) is 59.4 Å². The summed E-state index contributed by atoms with van der Waals surface area (Å²) in [5, 5.41) is 2.73. The van der Waals surface area contributed by atoms with Crippen LogP contribution < -0.4 is 10.1 Å². The second-order valence-electron chi connectivity index (χ2n) is 8.84. The zero-order valence-corrected chi connectivity index (χ0v) is 19.1. The number of rotatable bonds is 8. The van der Waals surface area contributed by atoms with Crippen molar-refractivity contribution in [1.29, 1.82) is 0 Å². The molecule has 0 spiro atoms. The van der Waals surface area contributed by atoms with Crippen LogP contribution in [0.25, 0.3) is 0 Å². The molecule has 1 aromatic heterocycles. The highest BCUT2D eigenvalue weighted by Crippen LogP contribution is 2.20. The number of nitrogens with zero attached hydrogens (tertiary/aromatic N) is 1. The van der Waals surface area contributed by atoms with Gasteiger partial charge in [0.25, 0.3) is 0 Å². The molecule has 0 saturated carbocycles. The van der Waals surface area contributed by atoms with Crippen LogP contribution >= 0.6 is 0 Å². The highest BCUT2D eigenvalue weighted by molar-refractivity contribution is 6.08. The lowest BCUT2D eigenvalue weighted by atomic mass is 10.0. The number of aromatic nitrogens is 1. The molecule has 1 amide bonds. The first-order valence-electron chi connectivity index (χ1n) is 11.1. The van der Waals surface area contributed by atoms with E-state index in [1.54, 1.807) is 36.5 Å². The van der Waals surface area contributed by atoms with E-state index in [1.807, 2.05) is 26.8 Å². The van der Waals surface area contributed by atoms with Gasteiger partial charge in [-0.15, -0.1) is 0 Å². The molecule has 1 unspecified atom stereocenters. The first-order valence-corrected chi connectivity index (χ1v) is 11.1. The highest BCUT2D eigenvalue weighted by atomic mass is 16.7. The van der Waals surface area contributed by atoms with Gasteiger partial charge in [0, 0.05) is 36.0 Å². The van der Waals surface area contributed by atoms with Gasteiger partial charge in [-0.1, -0.05) is 0 Å². The molecule has 1 aliphatic heterocycles. The zero-order valence-electron chi connectivity index (χ0n) is 19.1. The molecule has 1 fully saturated rings. The van der Waals surface area contributed by atoms with Crippen LogP contribution in [0.1, 0.15) is 68.1 Å². The van der Waals surface area contributed by atoms with Gasteiger partial charge in [-0.3, -0.25) is 9.78 Å². The van der Waals surface area contributed by atoms with E-state index in [0.29, 0.717) is 29.8 Å². The van der Waals surface area contributed by atoms with Crippen LogP contribution in [0.4, 0.5) is 4.79 Å². The van der Waals surface area contributed by atoms with E-state index in [2.05, 4.69) is 10.3 Å². The molecular formula is C25H32N2O5. The highest BCUT2D eigenvalue weighted by Gasteiger charge is 2.17. The van der Waals surface area contributed by atoms with Gasteiger partial charge in [-0.25, -0.2) is 4.79 Å². The SMILES string of the molecule is CC(C)(C)OC(=O)NCCCc1ccc(C(=O)c2ccc(OC3CCCCO3)cc2)cn1. The molecule has 1 aromatic carbocycles. The number of benzene rings is 1. The van der Waals surface area contributed by atoms with Gasteiger partial charge in [0.15, 0.2) is 12.1 Å². The summed E-state index contributed by atoms with van der Waals surface area (Å²) in [5.74, 6) is 0.609. The van der Waals surface area contributed by atoms with E-state index in [4.69, 9.17) is 14.2 Å². The molecule has 1 atom stereocenters. The molecule has 2 heterocycles. The quantitative estimate of drug-likeness (QED) is 0.474. The molecule has 1 N–H and O–H groups in total. The Morgan fingerprint density at radius 2 is 1.84 bits per heavy atom. The van der Waals surface area contributed by atoms with Gasteiger partial charge in [0.1, 0.15) is 11.4 Å². The molecule has 3 rings (SSSR count). The maximum atomic E-state index is 12.7. The van der Waals surface area contributed by atoms with E-state index in [9.17, 15) is 9.59 Å². The number of carbonyl (C=O) groups excluding carboxylic acids is 2. The minimum absolute atomic E-state index is 0.0869. The zero-order chi connectivity index (χ0) is 23.0. The summed E-state index contributed by atoms with van der Waals surface area (Å²) < 4.78 is 16.6. The summed E-state index contributed by atoms with van der Waals surface area (Å²) in [4.78, 5) is 28.8. The molecular weight excluding hydrogens is 408 g/mol. The minimum atomic E-state index is -0.509. The summed E-state index contributed by atoms with van der Waals surface area (Å²) in [5.41, 5.74) is 1.47. The third-order valence-electron chi connectivity index (χ3n) is 4.89. The van der Waals surface area contributed by atoms with Gasteiger partial charge in [0.05, 0.1) is 6.61 Å². The third-order valence-corrected chi connectivity index (χ3v) is 4.89. The average Bonchev–Trinajstić information content (AvgIpc) is 2.77. The van der Waals surface area contributed by atoms with Crippen LogP contribution in [0.3, 0.4) is 0 Å². The summed E-state index contributed by atoms with van der Waals surface area (Å²) in [6.07, 6.45) is 5.45. The molecule has 32 heavy (non-hydrogen) atoms. The van der Waals surface area contributed by atoms with Crippen molar-refractivity contribution < 1.29 is 23.8 Å². The molecule has 7 heteroatoms. The summed E-state index contributed by atoms with van der Waals surface area (Å²) in [6, 6.07) is 10.7. The second-order valence-corrected chi connectivity index (χ2v) is 8.84. The molecule has 1 aliphatic rings. The second kappa shape index (κ2) is 11.1. The van der Waals surface area contributed by atoms with Crippen molar-refractivity contribution in [1.82, 2.24) is 10.3 Å².